The fraction of sp³-hybridized carbons (Fsp3) is 0.217. The molecule has 4 rings (SSSR count). The molecule has 31 heavy (non-hydrogen) atoms. The van der Waals surface area contributed by atoms with E-state index in [1.54, 1.807) is 17.0 Å². The molecule has 3 aromatic rings. The third-order valence-corrected chi connectivity index (χ3v) is 8.24. The van der Waals surface area contributed by atoms with Gasteiger partial charge in [0, 0.05) is 31.1 Å². The normalized spacial score (nSPS) is 15.0. The van der Waals surface area contributed by atoms with Crippen LogP contribution >= 0.6 is 11.8 Å². The van der Waals surface area contributed by atoms with Crippen molar-refractivity contribution < 1.29 is 13.2 Å². The van der Waals surface area contributed by atoms with Gasteiger partial charge in [-0.05, 0) is 35.0 Å². The van der Waals surface area contributed by atoms with Crippen LogP contribution in [-0.4, -0.2) is 55.5 Å². The van der Waals surface area contributed by atoms with Gasteiger partial charge in [-0.2, -0.15) is 9.57 Å². The molecule has 1 fully saturated rings. The average Bonchev–Trinajstić information content (AvgIpc) is 2.82. The third kappa shape index (κ3) is 4.59. The second kappa shape index (κ2) is 9.10. The van der Waals surface area contributed by atoms with Crippen LogP contribution in [0.4, 0.5) is 0 Å². The number of thioether (sulfide) groups is 1. The smallest absolute Gasteiger partial charge is 0.244 e. The monoisotopic (exact) mass is 451 g/mol. The van der Waals surface area contributed by atoms with Gasteiger partial charge in [-0.15, -0.1) is 11.8 Å². The molecule has 0 radical (unpaired) electrons. The van der Waals surface area contributed by atoms with Crippen molar-refractivity contribution in [2.45, 2.75) is 9.79 Å². The molecule has 1 aliphatic rings. The van der Waals surface area contributed by atoms with Crippen LogP contribution in [0.5, 0.6) is 0 Å². The maximum Gasteiger partial charge on any atom is 0.244 e. The Kier molecular flexibility index (Phi) is 6.28. The Hall–Kier alpha value is -2.86. The second-order valence-corrected chi connectivity index (χ2v) is 10.1. The van der Waals surface area contributed by atoms with E-state index < -0.39 is 10.0 Å². The van der Waals surface area contributed by atoms with E-state index in [9.17, 15) is 18.5 Å². The highest BCUT2D eigenvalue weighted by molar-refractivity contribution is 8.00. The number of fused-ring (bicyclic) bond motifs is 1. The minimum Gasteiger partial charge on any atom is -0.339 e. The van der Waals surface area contributed by atoms with Crippen molar-refractivity contribution in [1.29, 1.82) is 5.26 Å². The van der Waals surface area contributed by atoms with Crippen molar-refractivity contribution in [2.75, 3.05) is 31.9 Å². The Morgan fingerprint density at radius 3 is 2.35 bits per heavy atom. The number of rotatable bonds is 5. The summed E-state index contributed by atoms with van der Waals surface area (Å²) in [5.74, 6) is 0.301. The number of hydrogen-bond acceptors (Lipinski definition) is 5. The van der Waals surface area contributed by atoms with E-state index >= 15 is 0 Å². The van der Waals surface area contributed by atoms with Crippen LogP contribution in [0.15, 0.2) is 76.5 Å². The first-order valence-electron chi connectivity index (χ1n) is 9.88. The maximum atomic E-state index is 12.9. The van der Waals surface area contributed by atoms with Crippen LogP contribution in [0.2, 0.25) is 0 Å². The van der Waals surface area contributed by atoms with Gasteiger partial charge in [0.1, 0.15) is 6.07 Å². The van der Waals surface area contributed by atoms with E-state index in [-0.39, 0.29) is 29.5 Å². The highest BCUT2D eigenvalue weighted by atomic mass is 32.2. The predicted molar refractivity (Wildman–Crippen MR) is 121 cm³/mol. The van der Waals surface area contributed by atoms with Gasteiger partial charge < -0.3 is 4.90 Å². The standard InChI is InChI=1S/C23H21N3O3S2/c24-16-20-7-3-4-8-22(20)31(28,29)26-13-11-25(12-14-26)23(27)17-30-21-10-9-18-5-1-2-6-19(18)15-21/h1-10,15H,11-14,17H2. The Balaban J connectivity index is 1.35. The number of benzene rings is 3. The van der Waals surface area contributed by atoms with E-state index in [1.807, 2.05) is 36.4 Å². The first-order valence-corrected chi connectivity index (χ1v) is 12.3. The minimum atomic E-state index is -3.76. The summed E-state index contributed by atoms with van der Waals surface area (Å²) in [5.41, 5.74) is 0.132. The van der Waals surface area contributed by atoms with E-state index in [2.05, 4.69) is 12.1 Å². The summed E-state index contributed by atoms with van der Waals surface area (Å²) in [5, 5.41) is 11.5. The molecule has 0 saturated carbocycles. The van der Waals surface area contributed by atoms with Crippen molar-refractivity contribution in [3.8, 4) is 6.07 Å². The van der Waals surface area contributed by atoms with Crippen LogP contribution < -0.4 is 0 Å². The lowest BCUT2D eigenvalue weighted by Gasteiger charge is -2.34. The molecule has 0 spiro atoms. The van der Waals surface area contributed by atoms with Crippen LogP contribution in [0.1, 0.15) is 5.56 Å². The number of hydrogen-bond donors (Lipinski definition) is 0. The summed E-state index contributed by atoms with van der Waals surface area (Å²) in [6.45, 7) is 1.11. The molecule has 1 amide bonds. The van der Waals surface area contributed by atoms with Gasteiger partial charge in [-0.1, -0.05) is 42.5 Å². The molecule has 6 nitrogen and oxygen atoms in total. The van der Waals surface area contributed by atoms with Crippen molar-refractivity contribution in [3.05, 3.63) is 72.3 Å². The van der Waals surface area contributed by atoms with Crippen LogP contribution in [0.25, 0.3) is 10.8 Å². The molecule has 0 aliphatic carbocycles. The van der Waals surface area contributed by atoms with Gasteiger partial charge in [0.25, 0.3) is 0 Å². The van der Waals surface area contributed by atoms with E-state index in [4.69, 9.17) is 0 Å². The SMILES string of the molecule is N#Cc1ccccc1S(=O)(=O)N1CCN(C(=O)CSc2ccc3ccccc3c2)CC1. The summed E-state index contributed by atoms with van der Waals surface area (Å²) in [6, 6.07) is 22.4. The Morgan fingerprint density at radius 1 is 0.935 bits per heavy atom. The zero-order chi connectivity index (χ0) is 21.8. The van der Waals surface area contributed by atoms with E-state index in [1.165, 1.54) is 28.2 Å². The Morgan fingerprint density at radius 2 is 1.61 bits per heavy atom. The molecule has 0 bridgehead atoms. The van der Waals surface area contributed by atoms with Gasteiger partial charge in [0.15, 0.2) is 0 Å². The minimum absolute atomic E-state index is 0.00682. The van der Waals surface area contributed by atoms with Crippen LogP contribution in [0.3, 0.4) is 0 Å². The molecule has 3 aromatic carbocycles. The Bertz CT molecular complexity index is 1260. The van der Waals surface area contributed by atoms with Crippen molar-refractivity contribution in [2.24, 2.45) is 0 Å². The van der Waals surface area contributed by atoms with Crippen LogP contribution in [-0.2, 0) is 14.8 Å². The number of carbonyl (C=O) groups is 1. The van der Waals surface area contributed by atoms with Gasteiger partial charge in [0.05, 0.1) is 16.2 Å². The van der Waals surface area contributed by atoms with E-state index in [0.717, 1.165) is 15.7 Å². The summed E-state index contributed by atoms with van der Waals surface area (Å²) < 4.78 is 27.2. The average molecular weight is 452 g/mol. The van der Waals surface area contributed by atoms with Crippen molar-refractivity contribution in [3.63, 3.8) is 0 Å². The number of nitrogens with zero attached hydrogens (tertiary/aromatic N) is 3. The number of nitriles is 1. The van der Waals surface area contributed by atoms with Crippen molar-refractivity contribution >= 4 is 38.5 Å². The number of amides is 1. The lowest BCUT2D eigenvalue weighted by atomic mass is 10.1. The van der Waals surface area contributed by atoms with Gasteiger partial charge in [0.2, 0.25) is 15.9 Å². The van der Waals surface area contributed by atoms with Crippen LogP contribution in [0, 0.1) is 11.3 Å². The summed E-state index contributed by atoms with van der Waals surface area (Å²) >= 11 is 1.49. The highest BCUT2D eigenvalue weighted by Gasteiger charge is 2.31. The van der Waals surface area contributed by atoms with Crippen molar-refractivity contribution in [1.82, 2.24) is 9.21 Å². The highest BCUT2D eigenvalue weighted by Crippen LogP contribution is 2.25. The van der Waals surface area contributed by atoms with Gasteiger partial charge in [-0.3, -0.25) is 4.79 Å². The molecule has 1 aliphatic heterocycles. The molecular formula is C23H21N3O3S2. The van der Waals surface area contributed by atoms with E-state index in [0.29, 0.717) is 18.8 Å². The fourth-order valence-corrected chi connectivity index (χ4v) is 6.01. The molecule has 8 heteroatoms. The Labute approximate surface area is 186 Å². The molecular weight excluding hydrogens is 430 g/mol. The first-order chi connectivity index (χ1) is 15.0. The number of sulfonamides is 1. The molecule has 0 N–H and O–H groups in total. The van der Waals surface area contributed by atoms with Gasteiger partial charge in [-0.25, -0.2) is 8.42 Å². The number of carbonyl (C=O) groups excluding carboxylic acids is 1. The van der Waals surface area contributed by atoms with Gasteiger partial charge >= 0.3 is 0 Å². The lowest BCUT2D eigenvalue weighted by molar-refractivity contribution is -0.129. The number of piperazine rings is 1. The molecule has 1 saturated heterocycles. The fourth-order valence-electron chi connectivity index (χ4n) is 3.59. The molecule has 0 aromatic heterocycles. The first kappa shape index (κ1) is 21.4. The molecule has 0 unspecified atom stereocenters. The molecule has 0 atom stereocenters. The summed E-state index contributed by atoms with van der Waals surface area (Å²) in [7, 11) is -3.76. The predicted octanol–water partition coefficient (Wildman–Crippen LogP) is 3.34. The lowest BCUT2D eigenvalue weighted by Crippen LogP contribution is -2.51. The quantitative estimate of drug-likeness (QED) is 0.556. The third-order valence-electron chi connectivity index (χ3n) is 5.30. The summed E-state index contributed by atoms with van der Waals surface area (Å²) in [4.78, 5) is 15.4. The zero-order valence-electron chi connectivity index (χ0n) is 16.8. The second-order valence-electron chi connectivity index (χ2n) is 7.19. The molecule has 158 valence electrons. The molecule has 1 heterocycles. The zero-order valence-corrected chi connectivity index (χ0v) is 18.4. The summed E-state index contributed by atoms with van der Waals surface area (Å²) in [6.07, 6.45) is 0. The largest absolute Gasteiger partial charge is 0.339 e. The maximum absolute atomic E-state index is 12.9. The topological polar surface area (TPSA) is 81.5 Å².